The molecule has 0 unspecified atom stereocenters. The van der Waals surface area contributed by atoms with Gasteiger partial charge < -0.3 is 29.3 Å². The average molecular weight is 447 g/mol. The van der Waals surface area contributed by atoms with E-state index in [1.807, 2.05) is 42.5 Å². The number of anilines is 2. The molecule has 0 spiro atoms. The Bertz CT molecular complexity index is 1260. The van der Waals surface area contributed by atoms with Crippen LogP contribution in [0.2, 0.25) is 0 Å². The van der Waals surface area contributed by atoms with Gasteiger partial charge in [0.25, 0.3) is 6.01 Å². The highest BCUT2D eigenvalue weighted by Crippen LogP contribution is 2.41. The highest BCUT2D eigenvalue weighted by molar-refractivity contribution is 5.91. The molecule has 8 heteroatoms. The topological polar surface area (TPSA) is 94.9 Å². The number of para-hydroxylation sites is 1. The molecule has 1 heterocycles. The molecule has 0 aliphatic carbocycles. The zero-order valence-corrected chi connectivity index (χ0v) is 18.9. The van der Waals surface area contributed by atoms with Gasteiger partial charge in [0.2, 0.25) is 11.7 Å². The largest absolute Gasteiger partial charge is 0.493 e. The lowest BCUT2D eigenvalue weighted by atomic mass is 10.0. The van der Waals surface area contributed by atoms with E-state index in [0.29, 0.717) is 41.1 Å². The van der Waals surface area contributed by atoms with Gasteiger partial charge in [-0.3, -0.25) is 4.79 Å². The average Bonchev–Trinajstić information content (AvgIpc) is 3.24. The molecular formula is C25H25N3O5. The van der Waals surface area contributed by atoms with Gasteiger partial charge in [0.1, 0.15) is 5.52 Å². The Labute approximate surface area is 191 Å². The van der Waals surface area contributed by atoms with Crippen LogP contribution in [0.5, 0.6) is 17.2 Å². The fourth-order valence-electron chi connectivity index (χ4n) is 3.54. The number of rotatable bonds is 8. The van der Waals surface area contributed by atoms with E-state index in [-0.39, 0.29) is 5.91 Å². The molecule has 0 aliphatic rings. The first-order valence-corrected chi connectivity index (χ1v) is 10.3. The van der Waals surface area contributed by atoms with E-state index in [0.717, 1.165) is 22.2 Å². The third-order valence-corrected chi connectivity index (χ3v) is 5.14. The normalized spacial score (nSPS) is 10.7. The molecule has 0 saturated carbocycles. The summed E-state index contributed by atoms with van der Waals surface area (Å²) in [7, 11) is 4.69. The van der Waals surface area contributed by atoms with Crippen molar-refractivity contribution in [2.45, 2.75) is 13.5 Å². The van der Waals surface area contributed by atoms with Gasteiger partial charge >= 0.3 is 0 Å². The Hall–Kier alpha value is -4.20. The third kappa shape index (κ3) is 4.69. The molecule has 3 aromatic carbocycles. The molecular weight excluding hydrogens is 422 g/mol. The Morgan fingerprint density at radius 3 is 2.27 bits per heavy atom. The maximum Gasteiger partial charge on any atom is 0.300 e. The molecule has 0 bridgehead atoms. The monoisotopic (exact) mass is 447 g/mol. The molecule has 4 aromatic rings. The lowest BCUT2D eigenvalue weighted by molar-refractivity contribution is -0.119. The van der Waals surface area contributed by atoms with Crippen LogP contribution in [-0.2, 0) is 11.3 Å². The van der Waals surface area contributed by atoms with Crippen molar-refractivity contribution in [1.29, 1.82) is 0 Å². The fourth-order valence-corrected chi connectivity index (χ4v) is 3.54. The first-order chi connectivity index (χ1) is 16.0. The molecule has 0 saturated heterocycles. The van der Waals surface area contributed by atoms with Gasteiger partial charge in [-0.05, 0) is 17.2 Å². The number of hydrogen-bond acceptors (Lipinski definition) is 7. The van der Waals surface area contributed by atoms with Crippen LogP contribution < -0.4 is 24.8 Å². The summed E-state index contributed by atoms with van der Waals surface area (Å²) in [6.07, 6.45) is 0. The number of nitrogens with one attached hydrogen (secondary N) is 2. The molecule has 33 heavy (non-hydrogen) atoms. The van der Waals surface area contributed by atoms with E-state index >= 15 is 0 Å². The Morgan fingerprint density at radius 2 is 1.67 bits per heavy atom. The first kappa shape index (κ1) is 22.0. The minimum Gasteiger partial charge on any atom is -0.493 e. The molecule has 8 nitrogen and oxygen atoms in total. The minimum atomic E-state index is -0.0577. The SMILES string of the molecule is COc1cc(Nc2nc3cccc(-c4ccc(CNC(C)=O)cc4)c3o2)cc(OC)c1OC. The van der Waals surface area contributed by atoms with E-state index in [4.69, 9.17) is 18.6 Å². The molecule has 1 amide bonds. The molecule has 170 valence electrons. The maximum absolute atomic E-state index is 11.1. The number of hydrogen-bond donors (Lipinski definition) is 2. The zero-order valence-electron chi connectivity index (χ0n) is 18.9. The van der Waals surface area contributed by atoms with Crippen molar-refractivity contribution in [1.82, 2.24) is 10.3 Å². The summed E-state index contributed by atoms with van der Waals surface area (Å²) < 4.78 is 22.3. The van der Waals surface area contributed by atoms with Gasteiger partial charge in [0.05, 0.1) is 21.3 Å². The molecule has 4 rings (SSSR count). The smallest absolute Gasteiger partial charge is 0.300 e. The van der Waals surface area contributed by atoms with Crippen molar-refractivity contribution in [3.63, 3.8) is 0 Å². The van der Waals surface area contributed by atoms with Crippen molar-refractivity contribution in [3.05, 3.63) is 60.2 Å². The van der Waals surface area contributed by atoms with E-state index < -0.39 is 0 Å². The summed E-state index contributed by atoms with van der Waals surface area (Å²) in [6, 6.07) is 17.7. The number of ether oxygens (including phenoxy) is 3. The number of aromatic nitrogens is 1. The van der Waals surface area contributed by atoms with Crippen molar-refractivity contribution >= 4 is 28.7 Å². The van der Waals surface area contributed by atoms with Crippen LogP contribution in [0.1, 0.15) is 12.5 Å². The van der Waals surface area contributed by atoms with Crippen LogP contribution >= 0.6 is 0 Å². The van der Waals surface area contributed by atoms with Gasteiger partial charge in [-0.25, -0.2) is 0 Å². The van der Waals surface area contributed by atoms with E-state index in [2.05, 4.69) is 15.6 Å². The number of methoxy groups -OCH3 is 3. The van der Waals surface area contributed by atoms with Crippen LogP contribution in [0.3, 0.4) is 0 Å². The van der Waals surface area contributed by atoms with Crippen LogP contribution in [0.25, 0.3) is 22.2 Å². The molecule has 2 N–H and O–H groups in total. The van der Waals surface area contributed by atoms with E-state index in [1.54, 1.807) is 33.5 Å². The summed E-state index contributed by atoms with van der Waals surface area (Å²) in [5.41, 5.74) is 5.00. The molecule has 1 aromatic heterocycles. The molecule has 0 atom stereocenters. The van der Waals surface area contributed by atoms with Crippen molar-refractivity contribution in [2.24, 2.45) is 0 Å². The minimum absolute atomic E-state index is 0.0577. The van der Waals surface area contributed by atoms with Crippen molar-refractivity contribution in [3.8, 4) is 28.4 Å². The summed E-state index contributed by atoms with van der Waals surface area (Å²) in [4.78, 5) is 15.7. The number of carbonyl (C=O) groups is 1. The highest BCUT2D eigenvalue weighted by atomic mass is 16.5. The lowest BCUT2D eigenvalue weighted by Crippen LogP contribution is -2.18. The quantitative estimate of drug-likeness (QED) is 0.397. The third-order valence-electron chi connectivity index (χ3n) is 5.14. The summed E-state index contributed by atoms with van der Waals surface area (Å²) >= 11 is 0. The van der Waals surface area contributed by atoms with Crippen LogP contribution in [0.4, 0.5) is 11.7 Å². The summed E-state index contributed by atoms with van der Waals surface area (Å²) in [5, 5.41) is 5.97. The Balaban J connectivity index is 1.64. The lowest BCUT2D eigenvalue weighted by Gasteiger charge is -2.14. The number of amides is 1. The van der Waals surface area contributed by atoms with Gasteiger partial charge in [-0.1, -0.05) is 36.4 Å². The second-order valence-corrected chi connectivity index (χ2v) is 7.32. The highest BCUT2D eigenvalue weighted by Gasteiger charge is 2.16. The standard InChI is InChI=1S/C25H25N3O5/c1-15(29)26-14-16-8-10-17(11-9-16)19-6-5-7-20-23(19)33-25(28-20)27-18-12-21(30-2)24(32-4)22(13-18)31-3/h5-13H,14H2,1-4H3,(H,26,29)(H,27,28). The Morgan fingerprint density at radius 1 is 0.970 bits per heavy atom. The molecule has 0 fully saturated rings. The molecule has 0 radical (unpaired) electrons. The van der Waals surface area contributed by atoms with Gasteiger partial charge in [-0.15, -0.1) is 0 Å². The second-order valence-electron chi connectivity index (χ2n) is 7.32. The van der Waals surface area contributed by atoms with Crippen molar-refractivity contribution < 1.29 is 23.4 Å². The number of benzene rings is 3. The number of fused-ring (bicyclic) bond motifs is 1. The summed E-state index contributed by atoms with van der Waals surface area (Å²) in [5.74, 6) is 1.50. The van der Waals surface area contributed by atoms with Crippen LogP contribution in [0.15, 0.2) is 59.0 Å². The van der Waals surface area contributed by atoms with Crippen LogP contribution in [0, 0.1) is 0 Å². The molecule has 0 aliphatic heterocycles. The fraction of sp³-hybridized carbons (Fsp3) is 0.200. The first-order valence-electron chi connectivity index (χ1n) is 10.3. The van der Waals surface area contributed by atoms with E-state index in [1.165, 1.54) is 6.92 Å². The number of carbonyl (C=O) groups excluding carboxylic acids is 1. The van der Waals surface area contributed by atoms with Gasteiger partial charge in [0, 0.05) is 36.9 Å². The predicted octanol–water partition coefficient (Wildman–Crippen LogP) is 4.90. The number of nitrogens with zero attached hydrogens (tertiary/aromatic N) is 1. The second kappa shape index (κ2) is 9.52. The van der Waals surface area contributed by atoms with E-state index in [9.17, 15) is 4.79 Å². The number of oxazole rings is 1. The van der Waals surface area contributed by atoms with Crippen molar-refractivity contribution in [2.75, 3.05) is 26.6 Å². The summed E-state index contributed by atoms with van der Waals surface area (Å²) in [6.45, 7) is 1.99. The van der Waals surface area contributed by atoms with Gasteiger partial charge in [0.15, 0.2) is 17.1 Å². The van der Waals surface area contributed by atoms with Crippen LogP contribution in [-0.4, -0.2) is 32.2 Å². The maximum atomic E-state index is 11.1. The van der Waals surface area contributed by atoms with Gasteiger partial charge in [-0.2, -0.15) is 4.98 Å². The zero-order chi connectivity index (χ0) is 23.4. The Kier molecular flexibility index (Phi) is 6.35. The predicted molar refractivity (Wildman–Crippen MR) is 126 cm³/mol.